The zero-order valence-corrected chi connectivity index (χ0v) is 15.6. The quantitative estimate of drug-likeness (QED) is 0.712. The molecule has 144 valence electrons. The van der Waals surface area contributed by atoms with E-state index in [1.165, 1.54) is 11.6 Å². The van der Waals surface area contributed by atoms with Crippen LogP contribution in [0.5, 0.6) is 0 Å². The van der Waals surface area contributed by atoms with Crippen LogP contribution < -0.4 is 10.2 Å². The Bertz CT molecular complexity index is 896. The predicted molar refractivity (Wildman–Crippen MR) is 107 cm³/mol. The Morgan fingerprint density at radius 1 is 0.929 bits per heavy atom. The largest absolute Gasteiger partial charge is 0.364 e. The molecule has 1 aliphatic heterocycles. The minimum absolute atomic E-state index is 0.230. The molecule has 2 aromatic carbocycles. The molecule has 0 unspecified atom stereocenters. The van der Waals surface area contributed by atoms with Gasteiger partial charge in [-0.25, -0.2) is 4.39 Å². The molecule has 0 radical (unpaired) electrons. The van der Waals surface area contributed by atoms with Crippen molar-refractivity contribution < 1.29 is 4.39 Å². The van der Waals surface area contributed by atoms with E-state index in [2.05, 4.69) is 54.6 Å². The summed E-state index contributed by atoms with van der Waals surface area (Å²) in [6.07, 6.45) is 1.57. The Labute approximate surface area is 164 Å². The maximum absolute atomic E-state index is 13.8. The van der Waals surface area contributed by atoms with Crippen LogP contribution in [0, 0.1) is 5.82 Å². The standard InChI is InChI=1S/C21H23FN6/c22-19-9-5-4-8-18(19)14-23-20-15-24-26-21(25-20)28-12-10-27(11-13-28)16-17-6-2-1-3-7-17/h1-9,15H,10-14,16H2,(H,23,25,26). The van der Waals surface area contributed by atoms with Gasteiger partial charge in [-0.05, 0) is 11.6 Å². The van der Waals surface area contributed by atoms with Crippen LogP contribution in [0.15, 0.2) is 60.8 Å². The first-order valence-corrected chi connectivity index (χ1v) is 9.46. The molecule has 7 heteroatoms. The number of anilines is 2. The van der Waals surface area contributed by atoms with Crippen molar-refractivity contribution in [1.29, 1.82) is 0 Å². The van der Waals surface area contributed by atoms with E-state index in [0.717, 1.165) is 32.7 Å². The van der Waals surface area contributed by atoms with E-state index in [1.54, 1.807) is 18.3 Å². The third kappa shape index (κ3) is 4.61. The smallest absolute Gasteiger partial charge is 0.247 e. The first-order valence-electron chi connectivity index (χ1n) is 9.46. The summed E-state index contributed by atoms with van der Waals surface area (Å²) >= 11 is 0. The number of rotatable bonds is 6. The number of halogens is 1. The van der Waals surface area contributed by atoms with Gasteiger partial charge in [0.25, 0.3) is 0 Å². The molecule has 2 heterocycles. The van der Waals surface area contributed by atoms with E-state index < -0.39 is 0 Å². The fraction of sp³-hybridized carbons (Fsp3) is 0.286. The summed E-state index contributed by atoms with van der Waals surface area (Å²) in [5.41, 5.74) is 1.92. The van der Waals surface area contributed by atoms with Crippen LogP contribution in [0.3, 0.4) is 0 Å². The van der Waals surface area contributed by atoms with Gasteiger partial charge < -0.3 is 10.2 Å². The minimum Gasteiger partial charge on any atom is -0.364 e. The lowest BCUT2D eigenvalue weighted by Gasteiger charge is -2.34. The molecule has 1 N–H and O–H groups in total. The summed E-state index contributed by atoms with van der Waals surface area (Å²) in [5.74, 6) is 0.977. The Morgan fingerprint density at radius 2 is 1.68 bits per heavy atom. The van der Waals surface area contributed by atoms with Gasteiger partial charge in [-0.3, -0.25) is 4.90 Å². The van der Waals surface area contributed by atoms with E-state index in [0.29, 0.717) is 23.9 Å². The average Bonchev–Trinajstić information content (AvgIpc) is 2.75. The Kier molecular flexibility index (Phi) is 5.72. The molecular formula is C21H23FN6. The van der Waals surface area contributed by atoms with Crippen molar-refractivity contribution in [2.24, 2.45) is 0 Å². The van der Waals surface area contributed by atoms with Gasteiger partial charge in [0.15, 0.2) is 5.82 Å². The second-order valence-corrected chi connectivity index (χ2v) is 6.84. The van der Waals surface area contributed by atoms with Gasteiger partial charge in [-0.1, -0.05) is 48.5 Å². The minimum atomic E-state index is -0.230. The normalized spacial score (nSPS) is 14.8. The molecule has 1 saturated heterocycles. The van der Waals surface area contributed by atoms with Crippen molar-refractivity contribution in [3.8, 4) is 0 Å². The highest BCUT2D eigenvalue weighted by molar-refractivity contribution is 5.40. The van der Waals surface area contributed by atoms with Crippen LogP contribution >= 0.6 is 0 Å². The van der Waals surface area contributed by atoms with Crippen LogP contribution in [0.25, 0.3) is 0 Å². The molecule has 0 amide bonds. The Balaban J connectivity index is 1.33. The summed E-state index contributed by atoms with van der Waals surface area (Å²) in [6.45, 7) is 4.92. The molecule has 0 saturated carbocycles. The third-order valence-corrected chi connectivity index (χ3v) is 4.87. The molecule has 28 heavy (non-hydrogen) atoms. The first kappa shape index (κ1) is 18.3. The van der Waals surface area contributed by atoms with Gasteiger partial charge in [0.1, 0.15) is 5.82 Å². The Morgan fingerprint density at radius 3 is 2.46 bits per heavy atom. The van der Waals surface area contributed by atoms with Crippen molar-refractivity contribution in [1.82, 2.24) is 20.1 Å². The van der Waals surface area contributed by atoms with Gasteiger partial charge in [0, 0.05) is 44.8 Å². The summed E-state index contributed by atoms with van der Waals surface area (Å²) in [4.78, 5) is 9.12. The van der Waals surface area contributed by atoms with Crippen molar-refractivity contribution >= 4 is 11.8 Å². The van der Waals surface area contributed by atoms with E-state index in [9.17, 15) is 4.39 Å². The number of piperazine rings is 1. The van der Waals surface area contributed by atoms with Crippen molar-refractivity contribution in [3.05, 3.63) is 77.7 Å². The first-order chi connectivity index (χ1) is 13.8. The molecule has 4 rings (SSSR count). The third-order valence-electron chi connectivity index (χ3n) is 4.87. The van der Waals surface area contributed by atoms with Gasteiger partial charge in [0.2, 0.25) is 5.95 Å². The average molecular weight is 378 g/mol. The SMILES string of the molecule is Fc1ccccc1CNc1cnnc(N2CCN(Cc3ccccc3)CC2)n1. The van der Waals surface area contributed by atoms with Crippen molar-refractivity contribution in [2.45, 2.75) is 13.1 Å². The monoisotopic (exact) mass is 378 g/mol. The van der Waals surface area contributed by atoms with Crippen LogP contribution in [0.2, 0.25) is 0 Å². The highest BCUT2D eigenvalue weighted by atomic mass is 19.1. The number of hydrogen-bond acceptors (Lipinski definition) is 6. The topological polar surface area (TPSA) is 57.2 Å². The van der Waals surface area contributed by atoms with Gasteiger partial charge in [0.05, 0.1) is 6.20 Å². The Hall–Kier alpha value is -3.06. The second kappa shape index (κ2) is 8.75. The molecule has 1 fully saturated rings. The van der Waals surface area contributed by atoms with Gasteiger partial charge in [-0.2, -0.15) is 10.1 Å². The highest BCUT2D eigenvalue weighted by Gasteiger charge is 2.19. The molecule has 0 aliphatic carbocycles. The lowest BCUT2D eigenvalue weighted by atomic mass is 10.2. The van der Waals surface area contributed by atoms with E-state index in [-0.39, 0.29) is 5.82 Å². The molecular weight excluding hydrogens is 355 g/mol. The zero-order chi connectivity index (χ0) is 19.2. The van der Waals surface area contributed by atoms with Gasteiger partial charge >= 0.3 is 0 Å². The molecule has 3 aromatic rings. The second-order valence-electron chi connectivity index (χ2n) is 6.84. The van der Waals surface area contributed by atoms with Crippen LogP contribution in [-0.2, 0) is 13.1 Å². The number of benzene rings is 2. The summed E-state index contributed by atoms with van der Waals surface area (Å²) in [6, 6.07) is 17.2. The highest BCUT2D eigenvalue weighted by Crippen LogP contribution is 2.15. The van der Waals surface area contributed by atoms with Crippen LogP contribution in [0.1, 0.15) is 11.1 Å². The van der Waals surface area contributed by atoms with E-state index >= 15 is 0 Å². The lowest BCUT2D eigenvalue weighted by Crippen LogP contribution is -2.46. The summed E-state index contributed by atoms with van der Waals surface area (Å²) in [7, 11) is 0. The summed E-state index contributed by atoms with van der Waals surface area (Å²) < 4.78 is 13.8. The maximum atomic E-state index is 13.8. The van der Waals surface area contributed by atoms with Crippen LogP contribution in [-0.4, -0.2) is 46.3 Å². The predicted octanol–water partition coefficient (Wildman–Crippen LogP) is 2.95. The van der Waals surface area contributed by atoms with Gasteiger partial charge in [-0.15, -0.1) is 5.10 Å². The summed E-state index contributed by atoms with van der Waals surface area (Å²) in [5, 5.41) is 11.4. The van der Waals surface area contributed by atoms with Crippen LogP contribution in [0.4, 0.5) is 16.2 Å². The number of hydrogen-bond donors (Lipinski definition) is 1. The van der Waals surface area contributed by atoms with Crippen molar-refractivity contribution in [3.63, 3.8) is 0 Å². The van der Waals surface area contributed by atoms with E-state index in [1.807, 2.05) is 12.1 Å². The number of aromatic nitrogens is 3. The van der Waals surface area contributed by atoms with Crippen molar-refractivity contribution in [2.75, 3.05) is 36.4 Å². The number of nitrogens with zero attached hydrogens (tertiary/aromatic N) is 5. The lowest BCUT2D eigenvalue weighted by molar-refractivity contribution is 0.248. The number of nitrogens with one attached hydrogen (secondary N) is 1. The molecule has 1 aromatic heterocycles. The maximum Gasteiger partial charge on any atom is 0.247 e. The molecule has 0 spiro atoms. The fourth-order valence-corrected chi connectivity index (χ4v) is 3.29. The van der Waals surface area contributed by atoms with E-state index in [4.69, 9.17) is 0 Å². The molecule has 0 atom stereocenters. The molecule has 0 bridgehead atoms. The molecule has 6 nitrogen and oxygen atoms in total. The zero-order valence-electron chi connectivity index (χ0n) is 15.6. The fourth-order valence-electron chi connectivity index (χ4n) is 3.29. The molecule has 1 aliphatic rings.